The minimum Gasteiger partial charge on any atom is -0.357 e. The van der Waals surface area contributed by atoms with E-state index in [-0.39, 0.29) is 5.75 Å². The van der Waals surface area contributed by atoms with Gasteiger partial charge >= 0.3 is 0 Å². The predicted molar refractivity (Wildman–Crippen MR) is 99.7 cm³/mol. The van der Waals surface area contributed by atoms with Gasteiger partial charge in [0.15, 0.2) is 5.96 Å². The van der Waals surface area contributed by atoms with Crippen LogP contribution in [-0.4, -0.2) is 69.1 Å². The summed E-state index contributed by atoms with van der Waals surface area (Å²) in [7, 11) is -1.43. The topological polar surface area (TPSA) is 65.0 Å². The summed E-state index contributed by atoms with van der Waals surface area (Å²) in [5.74, 6) is 2.84. The Hall–Kier alpha value is -0.820. The second-order valence-electron chi connectivity index (χ2n) is 7.02. The van der Waals surface area contributed by atoms with Gasteiger partial charge in [0.25, 0.3) is 0 Å². The predicted octanol–water partition coefficient (Wildman–Crippen LogP) is 1.75. The van der Waals surface area contributed by atoms with Crippen LogP contribution in [0.4, 0.5) is 0 Å². The van der Waals surface area contributed by atoms with E-state index in [4.69, 9.17) is 4.99 Å². The van der Waals surface area contributed by atoms with Crippen LogP contribution in [0.3, 0.4) is 0 Å². The van der Waals surface area contributed by atoms with Crippen molar-refractivity contribution in [2.24, 2.45) is 16.8 Å². The molecule has 0 radical (unpaired) electrons. The van der Waals surface area contributed by atoms with Gasteiger partial charge in [-0.25, -0.2) is 12.7 Å². The molecule has 0 bridgehead atoms. The van der Waals surface area contributed by atoms with Crippen molar-refractivity contribution >= 4 is 16.0 Å². The van der Waals surface area contributed by atoms with Crippen LogP contribution < -0.4 is 5.32 Å². The van der Waals surface area contributed by atoms with Crippen LogP contribution in [0.1, 0.15) is 46.0 Å². The molecule has 1 saturated heterocycles. The first-order chi connectivity index (χ1) is 11.5. The van der Waals surface area contributed by atoms with E-state index in [9.17, 15) is 8.42 Å². The van der Waals surface area contributed by atoms with Crippen molar-refractivity contribution in [3.8, 4) is 0 Å². The second-order valence-corrected chi connectivity index (χ2v) is 9.39. The fourth-order valence-corrected chi connectivity index (χ4v) is 4.69. The Kier molecular flexibility index (Phi) is 7.34. The molecule has 2 aliphatic rings. The lowest BCUT2D eigenvalue weighted by atomic mass is 9.82. The number of sulfonamides is 1. The van der Waals surface area contributed by atoms with Gasteiger partial charge in [0, 0.05) is 39.8 Å². The third-order valence-corrected chi connectivity index (χ3v) is 7.20. The largest absolute Gasteiger partial charge is 0.357 e. The standard InChI is InChI=1S/C17H34N4O2S/c1-4-18-17(19-11-8-12-20(3)24(22,23)5-2)21-13-15-9-6-7-10-16(15)14-21/h15-16H,4-14H2,1-3H3,(H,18,19). The van der Waals surface area contributed by atoms with E-state index < -0.39 is 10.0 Å². The third kappa shape index (κ3) is 5.09. The summed E-state index contributed by atoms with van der Waals surface area (Å²) in [6.07, 6.45) is 6.23. The van der Waals surface area contributed by atoms with E-state index in [0.717, 1.165) is 43.9 Å². The van der Waals surface area contributed by atoms with E-state index in [1.54, 1.807) is 14.0 Å². The van der Waals surface area contributed by atoms with Gasteiger partial charge in [0.05, 0.1) is 5.75 Å². The van der Waals surface area contributed by atoms with E-state index >= 15 is 0 Å². The monoisotopic (exact) mass is 358 g/mol. The Labute approximate surface area is 147 Å². The van der Waals surface area contributed by atoms with Crippen LogP contribution >= 0.6 is 0 Å². The first-order valence-electron chi connectivity index (χ1n) is 9.45. The summed E-state index contributed by atoms with van der Waals surface area (Å²) in [4.78, 5) is 7.16. The average Bonchev–Trinajstić information content (AvgIpc) is 3.01. The lowest BCUT2D eigenvalue weighted by Crippen LogP contribution is -2.40. The summed E-state index contributed by atoms with van der Waals surface area (Å²) in [6, 6.07) is 0. The molecular formula is C17H34N4O2S. The van der Waals surface area contributed by atoms with Gasteiger partial charge in [-0.1, -0.05) is 12.8 Å². The molecule has 7 heteroatoms. The maximum Gasteiger partial charge on any atom is 0.213 e. The molecule has 1 N–H and O–H groups in total. The summed E-state index contributed by atoms with van der Waals surface area (Å²) >= 11 is 0. The molecule has 2 rings (SSSR count). The van der Waals surface area contributed by atoms with E-state index in [2.05, 4.69) is 17.1 Å². The third-order valence-electron chi connectivity index (χ3n) is 5.34. The van der Waals surface area contributed by atoms with Crippen molar-refractivity contribution in [2.75, 3.05) is 45.5 Å². The number of aliphatic imine (C=N–C) groups is 1. The molecule has 0 aromatic carbocycles. The molecular weight excluding hydrogens is 324 g/mol. The average molecular weight is 359 g/mol. The molecule has 0 aromatic rings. The number of hydrogen-bond acceptors (Lipinski definition) is 3. The van der Waals surface area contributed by atoms with Crippen LogP contribution in [-0.2, 0) is 10.0 Å². The molecule has 1 aliphatic heterocycles. The Morgan fingerprint density at radius 1 is 1.21 bits per heavy atom. The molecule has 24 heavy (non-hydrogen) atoms. The lowest BCUT2D eigenvalue weighted by Gasteiger charge is -2.22. The molecule has 2 unspecified atom stereocenters. The Balaban J connectivity index is 1.85. The highest BCUT2D eigenvalue weighted by Crippen LogP contribution is 2.35. The molecule has 6 nitrogen and oxygen atoms in total. The van der Waals surface area contributed by atoms with Gasteiger partial charge in [-0.05, 0) is 44.9 Å². The molecule has 1 aliphatic carbocycles. The molecule has 2 fully saturated rings. The zero-order valence-corrected chi connectivity index (χ0v) is 16.3. The van der Waals surface area contributed by atoms with Crippen molar-refractivity contribution in [2.45, 2.75) is 46.0 Å². The van der Waals surface area contributed by atoms with Crippen molar-refractivity contribution < 1.29 is 8.42 Å². The quantitative estimate of drug-likeness (QED) is 0.428. The highest BCUT2D eigenvalue weighted by molar-refractivity contribution is 7.89. The Morgan fingerprint density at radius 2 is 1.83 bits per heavy atom. The second kappa shape index (κ2) is 9.04. The van der Waals surface area contributed by atoms with E-state index in [1.807, 2.05) is 0 Å². The van der Waals surface area contributed by atoms with Gasteiger partial charge < -0.3 is 10.2 Å². The normalized spacial score (nSPS) is 25.2. The summed E-state index contributed by atoms with van der Waals surface area (Å²) < 4.78 is 24.9. The van der Waals surface area contributed by atoms with Crippen LogP contribution in [0.2, 0.25) is 0 Å². The van der Waals surface area contributed by atoms with Crippen LogP contribution in [0.25, 0.3) is 0 Å². The van der Waals surface area contributed by atoms with Crippen molar-refractivity contribution in [1.29, 1.82) is 0 Å². The number of rotatable bonds is 7. The van der Waals surface area contributed by atoms with Crippen LogP contribution in [0.5, 0.6) is 0 Å². The maximum absolute atomic E-state index is 11.8. The zero-order chi connectivity index (χ0) is 17.6. The van der Waals surface area contributed by atoms with Gasteiger partial charge in [0.2, 0.25) is 10.0 Å². The van der Waals surface area contributed by atoms with E-state index in [1.165, 1.54) is 30.0 Å². The number of likely N-dealkylation sites (tertiary alicyclic amines) is 1. The maximum atomic E-state index is 11.8. The number of hydrogen-bond donors (Lipinski definition) is 1. The molecule has 1 saturated carbocycles. The van der Waals surface area contributed by atoms with Gasteiger partial charge in [-0.3, -0.25) is 4.99 Å². The zero-order valence-electron chi connectivity index (χ0n) is 15.5. The summed E-state index contributed by atoms with van der Waals surface area (Å²) in [5.41, 5.74) is 0. The highest BCUT2D eigenvalue weighted by Gasteiger charge is 2.35. The first kappa shape index (κ1) is 19.5. The minimum atomic E-state index is -3.08. The fourth-order valence-electron chi connectivity index (χ4n) is 3.84. The number of guanidine groups is 1. The smallest absolute Gasteiger partial charge is 0.213 e. The van der Waals surface area contributed by atoms with Gasteiger partial charge in [-0.15, -0.1) is 0 Å². The van der Waals surface area contributed by atoms with Crippen molar-refractivity contribution in [3.63, 3.8) is 0 Å². The van der Waals surface area contributed by atoms with Crippen molar-refractivity contribution in [3.05, 3.63) is 0 Å². The van der Waals surface area contributed by atoms with Crippen LogP contribution in [0, 0.1) is 11.8 Å². The SMILES string of the molecule is CCNC(=NCCCN(C)S(=O)(=O)CC)N1CC2CCCCC2C1. The molecule has 140 valence electrons. The molecule has 0 aromatic heterocycles. The lowest BCUT2D eigenvalue weighted by molar-refractivity contribution is 0.299. The summed E-state index contributed by atoms with van der Waals surface area (Å²) in [6.45, 7) is 8.10. The van der Waals surface area contributed by atoms with Crippen LogP contribution in [0.15, 0.2) is 4.99 Å². The molecule has 1 heterocycles. The molecule has 0 amide bonds. The molecule has 0 spiro atoms. The number of nitrogens with zero attached hydrogens (tertiary/aromatic N) is 3. The molecule has 2 atom stereocenters. The summed E-state index contributed by atoms with van der Waals surface area (Å²) in [5, 5.41) is 3.41. The first-order valence-corrected chi connectivity index (χ1v) is 11.1. The number of nitrogens with one attached hydrogen (secondary N) is 1. The number of fused-ring (bicyclic) bond motifs is 1. The Bertz CT molecular complexity index is 507. The Morgan fingerprint density at radius 3 is 2.38 bits per heavy atom. The van der Waals surface area contributed by atoms with E-state index in [0.29, 0.717) is 13.1 Å². The highest BCUT2D eigenvalue weighted by atomic mass is 32.2. The van der Waals surface area contributed by atoms with Crippen molar-refractivity contribution in [1.82, 2.24) is 14.5 Å². The van der Waals surface area contributed by atoms with Gasteiger partial charge in [-0.2, -0.15) is 0 Å². The fraction of sp³-hybridized carbons (Fsp3) is 0.941. The minimum absolute atomic E-state index is 0.159. The van der Waals surface area contributed by atoms with Gasteiger partial charge in [0.1, 0.15) is 0 Å².